The van der Waals surface area contributed by atoms with Crippen LogP contribution in [0.1, 0.15) is 12.0 Å². The molecule has 5 rings (SSSR count). The number of anilines is 3. The molecule has 2 N–H and O–H groups in total. The molecule has 0 bridgehead atoms. The van der Waals surface area contributed by atoms with Crippen LogP contribution in [0, 0.1) is 0 Å². The first kappa shape index (κ1) is 26.5. The summed E-state index contributed by atoms with van der Waals surface area (Å²) in [5.41, 5.74) is 3.61. The smallest absolute Gasteiger partial charge is 0.180 e. The van der Waals surface area contributed by atoms with E-state index < -0.39 is 0 Å². The molecule has 1 saturated heterocycles. The lowest BCUT2D eigenvalue weighted by molar-refractivity contribution is 0.298. The van der Waals surface area contributed by atoms with E-state index >= 15 is 0 Å². The van der Waals surface area contributed by atoms with E-state index in [0.717, 1.165) is 65.5 Å². The molecular formula is C27H33N7O2S2. The van der Waals surface area contributed by atoms with Gasteiger partial charge in [0.05, 0.1) is 37.3 Å². The molecule has 1 fully saturated rings. The highest BCUT2D eigenvalue weighted by molar-refractivity contribution is 8.00. The van der Waals surface area contributed by atoms with Crippen molar-refractivity contribution in [3.63, 3.8) is 0 Å². The second-order valence-electron chi connectivity index (χ2n) is 9.03. The maximum Gasteiger partial charge on any atom is 0.180 e. The van der Waals surface area contributed by atoms with Crippen LogP contribution in [-0.2, 0) is 13.5 Å². The van der Waals surface area contributed by atoms with Crippen LogP contribution in [-0.4, -0.2) is 69.8 Å². The van der Waals surface area contributed by atoms with E-state index in [4.69, 9.17) is 19.4 Å². The van der Waals surface area contributed by atoms with Crippen LogP contribution < -0.4 is 19.5 Å². The number of methoxy groups -OCH3 is 2. The topological polar surface area (TPSA) is 89.4 Å². The van der Waals surface area contributed by atoms with Crippen LogP contribution in [0.5, 0.6) is 11.5 Å². The van der Waals surface area contributed by atoms with Crippen LogP contribution in [0.25, 0.3) is 11.0 Å². The van der Waals surface area contributed by atoms with Gasteiger partial charge in [0.1, 0.15) is 16.5 Å². The number of nitrogens with one attached hydrogen (secondary N) is 2. The van der Waals surface area contributed by atoms with Gasteiger partial charge in [0.25, 0.3) is 0 Å². The first-order chi connectivity index (χ1) is 18.6. The second-order valence-corrected chi connectivity index (χ2v) is 11.1. The first-order valence-electron chi connectivity index (χ1n) is 12.6. The molecule has 38 heavy (non-hydrogen) atoms. The number of fused-ring (bicyclic) bond motifs is 1. The van der Waals surface area contributed by atoms with Crippen molar-refractivity contribution in [1.29, 1.82) is 0 Å². The number of nitrogens with zero attached hydrogens (tertiary/aromatic N) is 5. The highest BCUT2D eigenvalue weighted by Crippen LogP contribution is 2.37. The fourth-order valence-electron chi connectivity index (χ4n) is 4.42. The van der Waals surface area contributed by atoms with E-state index in [1.165, 1.54) is 23.5 Å². The van der Waals surface area contributed by atoms with Gasteiger partial charge in [-0.05, 0) is 31.5 Å². The molecule has 1 aliphatic rings. The summed E-state index contributed by atoms with van der Waals surface area (Å²) < 4.78 is 16.7. The number of ether oxygens (including phenoxy) is 2. The minimum atomic E-state index is 0.622. The fraction of sp³-hybridized carbons (Fsp3) is 0.370. The summed E-state index contributed by atoms with van der Waals surface area (Å²) >= 11 is 3.43. The third-order valence-electron chi connectivity index (χ3n) is 6.40. The minimum absolute atomic E-state index is 0.622. The zero-order valence-corrected chi connectivity index (χ0v) is 23.6. The predicted octanol–water partition coefficient (Wildman–Crippen LogP) is 5.22. The number of para-hydroxylation sites is 2. The average molecular weight is 552 g/mol. The van der Waals surface area contributed by atoms with Crippen LogP contribution in [0.4, 0.5) is 17.3 Å². The summed E-state index contributed by atoms with van der Waals surface area (Å²) in [6.07, 6.45) is 5.62. The Morgan fingerprint density at radius 1 is 1.03 bits per heavy atom. The first-order valence-corrected chi connectivity index (χ1v) is 14.6. The Labute approximate surface area is 231 Å². The number of hydrogen-bond donors (Lipinski definition) is 2. The highest BCUT2D eigenvalue weighted by Gasteiger charge is 2.18. The number of rotatable bonds is 11. The van der Waals surface area contributed by atoms with E-state index in [-0.39, 0.29) is 0 Å². The SMILES string of the molecule is COc1cc(Nc2nc3ccccc3nc2NSc2cn(C)cn2)c(CCCN2CCSCC2)c(OC)c1. The van der Waals surface area contributed by atoms with Crippen molar-refractivity contribution in [3.05, 3.63) is 54.5 Å². The third kappa shape index (κ3) is 6.46. The van der Waals surface area contributed by atoms with Gasteiger partial charge in [-0.3, -0.25) is 0 Å². The summed E-state index contributed by atoms with van der Waals surface area (Å²) in [6, 6.07) is 11.8. The molecule has 0 spiro atoms. The standard InChI is InChI=1S/C27H33N7O2S2/c1-33-17-25(28-18-33)38-32-27-26(29-21-8-4-5-9-22(21)30-27)31-23-15-19(35-2)16-24(36-3)20(23)7-6-10-34-11-13-37-14-12-34/h4-5,8-9,15-18H,6-7,10-14H2,1-3H3,(H,29,31)(H,30,32). The molecule has 4 aromatic rings. The average Bonchev–Trinajstić information content (AvgIpc) is 3.37. The van der Waals surface area contributed by atoms with Crippen molar-refractivity contribution in [2.45, 2.75) is 17.9 Å². The number of hydrogen-bond acceptors (Lipinski definition) is 10. The Bertz CT molecular complexity index is 1380. The molecule has 0 atom stereocenters. The lowest BCUT2D eigenvalue weighted by atomic mass is 10.0. The van der Waals surface area contributed by atoms with E-state index in [2.05, 4.69) is 19.9 Å². The Morgan fingerprint density at radius 2 is 1.79 bits per heavy atom. The van der Waals surface area contributed by atoms with Gasteiger partial charge in [-0.25, -0.2) is 15.0 Å². The molecule has 0 saturated carbocycles. The molecule has 0 radical (unpaired) electrons. The molecule has 0 aliphatic carbocycles. The maximum absolute atomic E-state index is 5.81. The van der Waals surface area contributed by atoms with Crippen molar-refractivity contribution in [1.82, 2.24) is 24.4 Å². The Hall–Kier alpha value is -3.15. The van der Waals surface area contributed by atoms with E-state index in [0.29, 0.717) is 17.4 Å². The molecule has 200 valence electrons. The van der Waals surface area contributed by atoms with Gasteiger partial charge >= 0.3 is 0 Å². The van der Waals surface area contributed by atoms with Gasteiger partial charge < -0.3 is 29.0 Å². The molecule has 2 aromatic carbocycles. The summed E-state index contributed by atoms with van der Waals surface area (Å²) in [5.74, 6) is 5.19. The molecule has 0 unspecified atom stereocenters. The molecule has 2 aromatic heterocycles. The highest BCUT2D eigenvalue weighted by atomic mass is 32.2. The van der Waals surface area contributed by atoms with Crippen molar-refractivity contribution in [2.24, 2.45) is 7.05 Å². The van der Waals surface area contributed by atoms with Gasteiger partial charge in [0, 0.05) is 67.5 Å². The van der Waals surface area contributed by atoms with E-state index in [1.807, 2.05) is 66.0 Å². The quantitative estimate of drug-likeness (QED) is 0.242. The molecule has 0 amide bonds. The van der Waals surface area contributed by atoms with Gasteiger partial charge in [0.2, 0.25) is 0 Å². The summed E-state index contributed by atoms with van der Waals surface area (Å²) in [7, 11) is 5.32. The summed E-state index contributed by atoms with van der Waals surface area (Å²) in [6.45, 7) is 3.38. The number of benzene rings is 2. The van der Waals surface area contributed by atoms with Gasteiger partial charge in [-0.15, -0.1) is 0 Å². The van der Waals surface area contributed by atoms with Crippen molar-refractivity contribution in [3.8, 4) is 11.5 Å². The van der Waals surface area contributed by atoms with Crippen LogP contribution >= 0.6 is 23.7 Å². The normalized spacial score (nSPS) is 14.0. The lowest BCUT2D eigenvalue weighted by Gasteiger charge is -2.26. The molecule has 9 nitrogen and oxygen atoms in total. The van der Waals surface area contributed by atoms with Crippen molar-refractivity contribution in [2.75, 3.05) is 55.4 Å². The fourth-order valence-corrected chi connectivity index (χ4v) is 6.06. The van der Waals surface area contributed by atoms with E-state index in [1.54, 1.807) is 20.5 Å². The molecule has 3 heterocycles. The number of imidazole rings is 1. The van der Waals surface area contributed by atoms with Crippen LogP contribution in [0.2, 0.25) is 0 Å². The van der Waals surface area contributed by atoms with Gasteiger partial charge in [-0.1, -0.05) is 12.1 Å². The molecular weight excluding hydrogens is 518 g/mol. The Kier molecular flexibility index (Phi) is 8.77. The largest absolute Gasteiger partial charge is 0.497 e. The van der Waals surface area contributed by atoms with Crippen LogP contribution in [0.15, 0.2) is 53.9 Å². The second kappa shape index (κ2) is 12.6. The third-order valence-corrected chi connectivity index (χ3v) is 8.06. The Balaban J connectivity index is 1.45. The molecule has 11 heteroatoms. The number of thioether (sulfide) groups is 1. The van der Waals surface area contributed by atoms with Crippen LogP contribution in [0.3, 0.4) is 0 Å². The zero-order valence-electron chi connectivity index (χ0n) is 21.9. The lowest BCUT2D eigenvalue weighted by Crippen LogP contribution is -2.33. The predicted molar refractivity (Wildman–Crippen MR) is 157 cm³/mol. The number of aryl methyl sites for hydroxylation is 1. The van der Waals surface area contributed by atoms with Crippen molar-refractivity contribution >= 4 is 52.1 Å². The number of aromatic nitrogens is 4. The summed E-state index contributed by atoms with van der Waals surface area (Å²) in [5, 5.41) is 4.40. The van der Waals surface area contributed by atoms with Gasteiger partial charge in [0.15, 0.2) is 11.6 Å². The summed E-state index contributed by atoms with van der Waals surface area (Å²) in [4.78, 5) is 16.7. The van der Waals surface area contributed by atoms with Gasteiger partial charge in [-0.2, -0.15) is 11.8 Å². The van der Waals surface area contributed by atoms with Crippen molar-refractivity contribution < 1.29 is 9.47 Å². The zero-order chi connectivity index (χ0) is 26.3. The maximum atomic E-state index is 5.81. The Morgan fingerprint density at radius 3 is 2.47 bits per heavy atom. The molecule has 1 aliphatic heterocycles. The minimum Gasteiger partial charge on any atom is -0.497 e. The monoisotopic (exact) mass is 551 g/mol. The van der Waals surface area contributed by atoms with E-state index in [9.17, 15) is 0 Å².